The van der Waals surface area contributed by atoms with Crippen molar-refractivity contribution in [3.8, 4) is 0 Å². The molecular weight excluding hydrogens is 251 g/mol. The molecule has 0 radical (unpaired) electrons. The van der Waals surface area contributed by atoms with Gasteiger partial charge in [-0.1, -0.05) is 0 Å². The third-order valence-corrected chi connectivity index (χ3v) is 2.68. The summed E-state index contributed by atoms with van der Waals surface area (Å²) in [5.41, 5.74) is 0. The number of anilines is 1. The van der Waals surface area contributed by atoms with Crippen LogP contribution in [0.1, 0.15) is 0 Å². The fraction of sp³-hybridized carbons (Fsp3) is 0.444. The van der Waals surface area contributed by atoms with Crippen molar-refractivity contribution in [3.63, 3.8) is 0 Å². The highest BCUT2D eigenvalue weighted by molar-refractivity contribution is 9.10. The molecule has 0 bridgehead atoms. The highest BCUT2D eigenvalue weighted by atomic mass is 79.9. The Balaban J connectivity index is 2.22. The smallest absolute Gasteiger partial charge is 0.143 e. The lowest BCUT2D eigenvalue weighted by atomic mass is 10.3. The minimum absolute atomic E-state index is 0.325. The second-order valence-electron chi connectivity index (χ2n) is 3.06. The first-order chi connectivity index (χ1) is 6.77. The molecule has 1 aliphatic rings. The zero-order chi connectivity index (χ0) is 9.97. The number of aromatic nitrogens is 1. The van der Waals surface area contributed by atoms with Gasteiger partial charge in [0.15, 0.2) is 0 Å². The standard InChI is InChI=1S/C9H10BrFN2O/c10-8-5-7(11)6-12-9(8)13-1-3-14-4-2-13/h5-6H,1-4H2. The van der Waals surface area contributed by atoms with E-state index in [0.29, 0.717) is 17.7 Å². The van der Waals surface area contributed by atoms with Crippen molar-refractivity contribution in [2.45, 2.75) is 0 Å². The lowest BCUT2D eigenvalue weighted by molar-refractivity contribution is 0.122. The highest BCUT2D eigenvalue weighted by Crippen LogP contribution is 2.24. The van der Waals surface area contributed by atoms with E-state index in [1.54, 1.807) is 0 Å². The Morgan fingerprint density at radius 2 is 2.14 bits per heavy atom. The molecule has 0 aliphatic carbocycles. The van der Waals surface area contributed by atoms with Gasteiger partial charge in [0.05, 0.1) is 23.9 Å². The molecule has 0 saturated carbocycles. The minimum Gasteiger partial charge on any atom is -0.378 e. The van der Waals surface area contributed by atoms with E-state index in [0.717, 1.165) is 18.9 Å². The van der Waals surface area contributed by atoms with Crippen LogP contribution >= 0.6 is 15.9 Å². The van der Waals surface area contributed by atoms with E-state index in [1.165, 1.54) is 12.3 Å². The topological polar surface area (TPSA) is 25.4 Å². The van der Waals surface area contributed by atoms with Gasteiger partial charge in [-0.05, 0) is 22.0 Å². The number of ether oxygens (including phenoxy) is 1. The average Bonchev–Trinajstić information content (AvgIpc) is 2.19. The summed E-state index contributed by atoms with van der Waals surface area (Å²) in [6.07, 6.45) is 1.23. The van der Waals surface area contributed by atoms with Crippen LogP contribution in [0, 0.1) is 5.82 Å². The summed E-state index contributed by atoms with van der Waals surface area (Å²) < 4.78 is 18.7. The molecule has 0 spiro atoms. The third-order valence-electron chi connectivity index (χ3n) is 2.10. The van der Waals surface area contributed by atoms with E-state index in [2.05, 4.69) is 25.8 Å². The predicted molar refractivity (Wildman–Crippen MR) is 54.9 cm³/mol. The number of nitrogens with zero attached hydrogens (tertiary/aromatic N) is 2. The van der Waals surface area contributed by atoms with Crippen LogP contribution in [0.2, 0.25) is 0 Å². The SMILES string of the molecule is Fc1cnc(N2CCOCC2)c(Br)c1. The molecule has 1 fully saturated rings. The largest absolute Gasteiger partial charge is 0.378 e. The monoisotopic (exact) mass is 260 g/mol. The molecule has 1 aromatic heterocycles. The number of rotatable bonds is 1. The van der Waals surface area contributed by atoms with Gasteiger partial charge >= 0.3 is 0 Å². The molecule has 0 unspecified atom stereocenters. The molecule has 76 valence electrons. The molecule has 0 atom stereocenters. The first-order valence-electron chi connectivity index (χ1n) is 4.41. The highest BCUT2D eigenvalue weighted by Gasteiger charge is 2.15. The predicted octanol–water partition coefficient (Wildman–Crippen LogP) is 1.82. The van der Waals surface area contributed by atoms with Crippen molar-refractivity contribution < 1.29 is 9.13 Å². The summed E-state index contributed by atoms with van der Waals surface area (Å²) in [4.78, 5) is 6.13. The van der Waals surface area contributed by atoms with Crippen LogP contribution in [0.5, 0.6) is 0 Å². The first kappa shape index (κ1) is 9.86. The quantitative estimate of drug-likeness (QED) is 0.771. The molecule has 2 heterocycles. The zero-order valence-corrected chi connectivity index (χ0v) is 9.13. The zero-order valence-electron chi connectivity index (χ0n) is 7.54. The van der Waals surface area contributed by atoms with Crippen LogP contribution in [0.4, 0.5) is 10.2 Å². The molecule has 1 aliphatic heterocycles. The molecule has 2 rings (SSSR count). The third kappa shape index (κ3) is 2.04. The fourth-order valence-corrected chi connectivity index (χ4v) is 1.99. The van der Waals surface area contributed by atoms with E-state index in [4.69, 9.17) is 4.74 Å². The second kappa shape index (κ2) is 4.23. The van der Waals surface area contributed by atoms with Crippen LogP contribution < -0.4 is 4.90 Å². The van der Waals surface area contributed by atoms with E-state index in [9.17, 15) is 4.39 Å². The van der Waals surface area contributed by atoms with Crippen molar-refractivity contribution in [2.75, 3.05) is 31.2 Å². The van der Waals surface area contributed by atoms with E-state index in [-0.39, 0.29) is 5.82 Å². The number of morpholine rings is 1. The summed E-state index contributed by atoms with van der Waals surface area (Å²) in [6.45, 7) is 3.01. The molecule has 3 nitrogen and oxygen atoms in total. The van der Waals surface area contributed by atoms with Crippen molar-refractivity contribution in [3.05, 3.63) is 22.6 Å². The first-order valence-corrected chi connectivity index (χ1v) is 5.20. The number of pyridine rings is 1. The maximum absolute atomic E-state index is 12.8. The van der Waals surface area contributed by atoms with Gasteiger partial charge in [0.2, 0.25) is 0 Å². The molecule has 0 amide bonds. The lowest BCUT2D eigenvalue weighted by Crippen LogP contribution is -2.37. The van der Waals surface area contributed by atoms with Gasteiger partial charge in [0, 0.05) is 13.1 Å². The Hall–Kier alpha value is -0.680. The average molecular weight is 261 g/mol. The molecule has 14 heavy (non-hydrogen) atoms. The van der Waals surface area contributed by atoms with E-state index in [1.807, 2.05) is 0 Å². The molecule has 0 N–H and O–H groups in total. The maximum atomic E-state index is 12.8. The van der Waals surface area contributed by atoms with E-state index >= 15 is 0 Å². The van der Waals surface area contributed by atoms with Gasteiger partial charge in [0.25, 0.3) is 0 Å². The number of hydrogen-bond acceptors (Lipinski definition) is 3. The van der Waals surface area contributed by atoms with Gasteiger partial charge in [-0.3, -0.25) is 0 Å². The summed E-state index contributed by atoms with van der Waals surface area (Å²) in [7, 11) is 0. The number of halogens is 2. The fourth-order valence-electron chi connectivity index (χ4n) is 1.42. The normalized spacial score (nSPS) is 17.1. The molecule has 1 saturated heterocycles. The summed E-state index contributed by atoms with van der Waals surface area (Å²) in [6, 6.07) is 1.43. The van der Waals surface area contributed by atoms with Crippen LogP contribution in [-0.2, 0) is 4.74 Å². The minimum atomic E-state index is -0.325. The lowest BCUT2D eigenvalue weighted by Gasteiger charge is -2.28. The van der Waals surface area contributed by atoms with Gasteiger partial charge in [-0.15, -0.1) is 0 Å². The van der Waals surface area contributed by atoms with Crippen LogP contribution in [0.15, 0.2) is 16.7 Å². The van der Waals surface area contributed by atoms with Gasteiger partial charge in [-0.2, -0.15) is 0 Å². The Morgan fingerprint density at radius 1 is 1.43 bits per heavy atom. The van der Waals surface area contributed by atoms with Gasteiger partial charge in [0.1, 0.15) is 11.6 Å². The molecule has 1 aromatic rings. The number of hydrogen-bond donors (Lipinski definition) is 0. The van der Waals surface area contributed by atoms with Crippen molar-refractivity contribution >= 4 is 21.7 Å². The van der Waals surface area contributed by atoms with Gasteiger partial charge in [-0.25, -0.2) is 9.37 Å². The summed E-state index contributed by atoms with van der Waals surface area (Å²) >= 11 is 3.30. The Kier molecular flexibility index (Phi) is 2.98. The van der Waals surface area contributed by atoms with E-state index < -0.39 is 0 Å². The van der Waals surface area contributed by atoms with Crippen LogP contribution in [0.3, 0.4) is 0 Å². The molecular formula is C9H10BrFN2O. The molecule has 0 aromatic carbocycles. The maximum Gasteiger partial charge on any atom is 0.143 e. The second-order valence-corrected chi connectivity index (χ2v) is 3.91. The Morgan fingerprint density at radius 3 is 2.79 bits per heavy atom. The van der Waals surface area contributed by atoms with Crippen molar-refractivity contribution in [1.82, 2.24) is 4.98 Å². The van der Waals surface area contributed by atoms with Crippen LogP contribution in [-0.4, -0.2) is 31.3 Å². The van der Waals surface area contributed by atoms with Gasteiger partial charge < -0.3 is 9.64 Å². The Bertz CT molecular complexity index is 329. The molecule has 5 heteroatoms. The summed E-state index contributed by atoms with van der Waals surface area (Å²) in [5, 5.41) is 0. The van der Waals surface area contributed by atoms with Crippen molar-refractivity contribution in [1.29, 1.82) is 0 Å². The summed E-state index contributed by atoms with van der Waals surface area (Å²) in [5.74, 6) is 0.462. The Labute approximate surface area is 90.0 Å². The van der Waals surface area contributed by atoms with Crippen molar-refractivity contribution in [2.24, 2.45) is 0 Å². The van der Waals surface area contributed by atoms with Crippen LogP contribution in [0.25, 0.3) is 0 Å².